The fraction of sp³-hybridized carbons (Fsp3) is 0.696. The molecule has 6 N–H and O–H groups in total. The van der Waals surface area contributed by atoms with Gasteiger partial charge in [-0.1, -0.05) is 0 Å². The fourth-order valence-corrected chi connectivity index (χ4v) is 5.43. The van der Waals surface area contributed by atoms with E-state index in [1.54, 1.807) is 0 Å². The molecule has 3 atom stereocenters. The molecule has 2 aromatic heterocycles. The number of aromatic nitrogens is 3. The minimum absolute atomic E-state index is 0.0156. The van der Waals surface area contributed by atoms with Crippen molar-refractivity contribution in [1.82, 2.24) is 30.1 Å². The van der Waals surface area contributed by atoms with Crippen LogP contribution in [-0.2, 0) is 4.79 Å². The number of hydrogen-bond donors (Lipinski definition) is 4. The lowest BCUT2D eigenvalue weighted by Crippen LogP contribution is -2.54. The van der Waals surface area contributed by atoms with E-state index in [0.717, 1.165) is 87.6 Å². The van der Waals surface area contributed by atoms with Crippen molar-refractivity contribution in [2.75, 3.05) is 37.6 Å². The maximum absolute atomic E-state index is 13.4. The third-order valence-corrected chi connectivity index (χ3v) is 7.22. The molecule has 5 rings (SSSR count). The number of aryl methyl sites for hydroxylation is 1. The van der Waals surface area contributed by atoms with Gasteiger partial charge in [0.1, 0.15) is 5.82 Å². The Bertz CT molecular complexity index is 986. The van der Waals surface area contributed by atoms with Gasteiger partial charge in [0.25, 0.3) is 0 Å². The van der Waals surface area contributed by atoms with Crippen LogP contribution in [0.25, 0.3) is 5.65 Å². The van der Waals surface area contributed by atoms with Crippen molar-refractivity contribution in [1.29, 1.82) is 0 Å². The van der Waals surface area contributed by atoms with Crippen LogP contribution in [-0.4, -0.2) is 76.4 Å². The molecular weight excluding hydrogens is 418 g/mol. The topological polar surface area (TPSA) is 130 Å². The van der Waals surface area contributed by atoms with Gasteiger partial charge in [-0.2, -0.15) is 5.10 Å². The number of fused-ring (bicyclic) bond motifs is 1. The van der Waals surface area contributed by atoms with Crippen LogP contribution in [0, 0.1) is 6.92 Å². The molecule has 33 heavy (non-hydrogen) atoms. The van der Waals surface area contributed by atoms with E-state index in [1.807, 2.05) is 21.7 Å². The van der Waals surface area contributed by atoms with Crippen LogP contribution < -0.4 is 27.0 Å². The Labute approximate surface area is 195 Å². The Balaban J connectivity index is 1.35. The van der Waals surface area contributed by atoms with Gasteiger partial charge in [-0.15, -0.1) is 0 Å². The van der Waals surface area contributed by atoms with Gasteiger partial charge < -0.3 is 31.9 Å². The fourth-order valence-electron chi connectivity index (χ4n) is 5.43. The maximum atomic E-state index is 13.4. The minimum atomic E-state index is -0.530. The van der Waals surface area contributed by atoms with E-state index < -0.39 is 6.04 Å². The van der Waals surface area contributed by atoms with E-state index >= 15 is 0 Å². The van der Waals surface area contributed by atoms with Crippen molar-refractivity contribution in [3.8, 4) is 0 Å². The molecule has 180 valence electrons. The number of piperidine rings is 1. The molecule has 1 unspecified atom stereocenters. The molecule has 0 radical (unpaired) electrons. The van der Waals surface area contributed by atoms with Crippen molar-refractivity contribution in [2.24, 2.45) is 11.5 Å². The largest absolute Gasteiger partial charge is 0.355 e. The van der Waals surface area contributed by atoms with Gasteiger partial charge in [-0.05, 0) is 58.5 Å². The number of nitrogens with zero attached hydrogens (tertiary/aromatic N) is 5. The number of nitrogens with two attached hydrogens (primary N) is 2. The highest BCUT2D eigenvalue weighted by atomic mass is 16.2. The molecule has 0 bridgehead atoms. The standard InChI is InChI=1S/C23H37N9O/c1-15-13-32-21(28-22(15)30-10-6-16(24)14-30)12-18(29-32)19-5-2-3-9-31(19)23(33)17(25)11-20-26-7-4-8-27-20/h12-13,16-17,19-20,26-27H,2-11,14,24-25H2,1H3/t16-,17?,19-/m0/s1. The summed E-state index contributed by atoms with van der Waals surface area (Å²) in [6.45, 7) is 6.47. The van der Waals surface area contributed by atoms with Crippen molar-refractivity contribution in [2.45, 2.75) is 69.7 Å². The number of rotatable bonds is 5. The van der Waals surface area contributed by atoms with Gasteiger partial charge in [0.2, 0.25) is 5.91 Å². The van der Waals surface area contributed by atoms with E-state index in [1.165, 1.54) is 0 Å². The highest BCUT2D eigenvalue weighted by molar-refractivity contribution is 5.82. The molecule has 3 aliphatic heterocycles. The first-order valence-corrected chi connectivity index (χ1v) is 12.4. The molecule has 3 fully saturated rings. The van der Waals surface area contributed by atoms with Gasteiger partial charge in [0.15, 0.2) is 5.65 Å². The summed E-state index contributed by atoms with van der Waals surface area (Å²) in [4.78, 5) is 22.5. The van der Waals surface area contributed by atoms with Crippen LogP contribution in [0.1, 0.15) is 55.8 Å². The summed E-state index contributed by atoms with van der Waals surface area (Å²) in [6.07, 6.45) is 7.78. The van der Waals surface area contributed by atoms with Crippen molar-refractivity contribution in [3.05, 3.63) is 23.5 Å². The van der Waals surface area contributed by atoms with Gasteiger partial charge >= 0.3 is 0 Å². The molecule has 10 nitrogen and oxygen atoms in total. The summed E-state index contributed by atoms with van der Waals surface area (Å²) in [5, 5.41) is 11.7. The lowest BCUT2D eigenvalue weighted by Gasteiger charge is -2.37. The second-order valence-electron chi connectivity index (χ2n) is 9.81. The minimum Gasteiger partial charge on any atom is -0.355 e. The predicted molar refractivity (Wildman–Crippen MR) is 128 cm³/mol. The smallest absolute Gasteiger partial charge is 0.240 e. The molecule has 0 spiro atoms. The Hall–Kier alpha value is -2.27. The van der Waals surface area contributed by atoms with Crippen molar-refractivity contribution < 1.29 is 4.79 Å². The Morgan fingerprint density at radius 2 is 2.03 bits per heavy atom. The Kier molecular flexibility index (Phi) is 6.51. The second-order valence-corrected chi connectivity index (χ2v) is 9.81. The van der Waals surface area contributed by atoms with Gasteiger partial charge in [-0.3, -0.25) is 4.79 Å². The average molecular weight is 456 g/mol. The number of likely N-dealkylation sites (tertiary alicyclic amines) is 1. The summed E-state index contributed by atoms with van der Waals surface area (Å²) in [5.41, 5.74) is 15.3. The van der Waals surface area contributed by atoms with Crippen LogP contribution in [0.5, 0.6) is 0 Å². The molecule has 0 aliphatic carbocycles. The number of hydrogen-bond acceptors (Lipinski definition) is 8. The number of carbonyl (C=O) groups is 1. The van der Waals surface area contributed by atoms with Crippen LogP contribution in [0.3, 0.4) is 0 Å². The third-order valence-electron chi connectivity index (χ3n) is 7.22. The normalized spacial score (nSPS) is 25.7. The third kappa shape index (κ3) is 4.70. The molecule has 3 aliphatic rings. The maximum Gasteiger partial charge on any atom is 0.240 e. The summed E-state index contributed by atoms with van der Waals surface area (Å²) in [7, 11) is 0. The van der Waals surface area contributed by atoms with E-state index in [9.17, 15) is 4.79 Å². The zero-order valence-corrected chi connectivity index (χ0v) is 19.5. The zero-order valence-electron chi connectivity index (χ0n) is 19.5. The van der Waals surface area contributed by atoms with Crippen LogP contribution in [0.2, 0.25) is 0 Å². The molecular formula is C23H37N9O. The van der Waals surface area contributed by atoms with Crippen molar-refractivity contribution >= 4 is 17.4 Å². The number of anilines is 1. The predicted octanol–water partition coefficient (Wildman–Crippen LogP) is 0.255. The second kappa shape index (κ2) is 9.54. The summed E-state index contributed by atoms with van der Waals surface area (Å²) < 4.78 is 1.84. The highest BCUT2D eigenvalue weighted by Crippen LogP contribution is 2.32. The van der Waals surface area contributed by atoms with Crippen LogP contribution in [0.4, 0.5) is 5.82 Å². The van der Waals surface area contributed by atoms with Crippen molar-refractivity contribution in [3.63, 3.8) is 0 Å². The summed E-state index contributed by atoms with van der Waals surface area (Å²) >= 11 is 0. The first-order chi connectivity index (χ1) is 16.0. The first-order valence-electron chi connectivity index (χ1n) is 12.4. The Morgan fingerprint density at radius 1 is 1.21 bits per heavy atom. The van der Waals surface area contributed by atoms with E-state index in [-0.39, 0.29) is 24.2 Å². The number of nitrogens with one attached hydrogen (secondary N) is 2. The number of amides is 1. The quantitative estimate of drug-likeness (QED) is 0.505. The monoisotopic (exact) mass is 455 g/mol. The number of carbonyl (C=O) groups excluding carboxylic acids is 1. The van der Waals surface area contributed by atoms with E-state index in [0.29, 0.717) is 6.42 Å². The molecule has 0 aromatic carbocycles. The highest BCUT2D eigenvalue weighted by Gasteiger charge is 2.34. The average Bonchev–Trinajstić information content (AvgIpc) is 3.44. The lowest BCUT2D eigenvalue weighted by atomic mass is 9.97. The van der Waals surface area contributed by atoms with Gasteiger partial charge in [0, 0.05) is 43.5 Å². The SMILES string of the molecule is Cc1cn2nc([C@@H]3CCCCN3C(=O)C(N)CC3NCCCN3)cc2nc1N1CC[C@H](N)C1. The molecule has 10 heteroatoms. The molecule has 1 amide bonds. The molecule has 5 heterocycles. The first kappa shape index (κ1) is 22.5. The van der Waals surface area contributed by atoms with E-state index in [4.69, 9.17) is 21.5 Å². The summed E-state index contributed by atoms with van der Waals surface area (Å²) in [6, 6.07) is 1.64. The molecule has 3 saturated heterocycles. The van der Waals surface area contributed by atoms with Crippen LogP contribution in [0.15, 0.2) is 12.3 Å². The van der Waals surface area contributed by atoms with E-state index in [2.05, 4.69) is 22.5 Å². The lowest BCUT2D eigenvalue weighted by molar-refractivity contribution is -0.137. The van der Waals surface area contributed by atoms with Gasteiger partial charge in [-0.25, -0.2) is 9.50 Å². The Morgan fingerprint density at radius 3 is 2.79 bits per heavy atom. The van der Waals surface area contributed by atoms with Crippen LogP contribution >= 0.6 is 0 Å². The van der Waals surface area contributed by atoms with Gasteiger partial charge in [0.05, 0.1) is 23.9 Å². The summed E-state index contributed by atoms with van der Waals surface area (Å²) in [5.74, 6) is 0.995. The molecule has 0 saturated carbocycles. The zero-order chi connectivity index (χ0) is 22.9. The molecule has 2 aromatic rings.